The SMILES string of the molecule is CC(=[OH+])/C=C(/C)O.[Ir].[c-]1ccccc1C1=NCc2ccccc2C=C1. The van der Waals surface area contributed by atoms with E-state index >= 15 is 0 Å². The number of allylic oxidation sites excluding steroid dienone is 3. The van der Waals surface area contributed by atoms with Gasteiger partial charge in [-0.05, 0) is 23.8 Å². The molecule has 0 spiro atoms. The molecule has 4 heteroatoms. The third-order valence-electron chi connectivity index (χ3n) is 3.30. The van der Waals surface area contributed by atoms with Gasteiger partial charge in [0.1, 0.15) is 0 Å². The maximum atomic E-state index is 8.40. The van der Waals surface area contributed by atoms with Crippen molar-refractivity contribution in [2.24, 2.45) is 4.99 Å². The summed E-state index contributed by atoms with van der Waals surface area (Å²) in [6, 6.07) is 19.5. The molecular weight excluding hydrogens is 490 g/mol. The van der Waals surface area contributed by atoms with Crippen molar-refractivity contribution in [2.45, 2.75) is 20.4 Å². The number of hydrogen-bond acceptors (Lipinski definition) is 2. The second kappa shape index (κ2) is 10.5. The predicted molar refractivity (Wildman–Crippen MR) is 100.0 cm³/mol. The molecule has 25 heavy (non-hydrogen) atoms. The van der Waals surface area contributed by atoms with E-state index in [0.29, 0.717) is 0 Å². The molecule has 0 fully saturated rings. The van der Waals surface area contributed by atoms with Gasteiger partial charge in [0.15, 0.2) is 0 Å². The number of hydrogen-bond donors (Lipinski definition) is 1. The fraction of sp³-hybridized carbons (Fsp3) is 0.143. The van der Waals surface area contributed by atoms with Gasteiger partial charge in [0, 0.05) is 20.1 Å². The first kappa shape index (κ1) is 20.8. The van der Waals surface area contributed by atoms with Crippen LogP contribution in [0, 0.1) is 6.07 Å². The molecule has 0 aliphatic carbocycles. The van der Waals surface area contributed by atoms with E-state index in [9.17, 15) is 0 Å². The molecule has 1 heterocycles. The number of aliphatic hydroxyl groups excluding tert-OH is 1. The van der Waals surface area contributed by atoms with E-state index in [1.807, 2.05) is 24.3 Å². The summed E-state index contributed by atoms with van der Waals surface area (Å²) in [6.07, 6.45) is 5.47. The van der Waals surface area contributed by atoms with Crippen molar-refractivity contribution in [1.82, 2.24) is 0 Å². The molecule has 131 valence electrons. The largest absolute Gasteiger partial charge is 0.512 e. The van der Waals surface area contributed by atoms with Crippen molar-refractivity contribution in [3.8, 4) is 0 Å². The molecule has 3 nitrogen and oxygen atoms in total. The first-order chi connectivity index (χ1) is 11.6. The maximum Gasteiger partial charge on any atom is 0.316 e. The number of benzene rings is 2. The molecule has 1 aliphatic heterocycles. The Kier molecular flexibility index (Phi) is 8.76. The van der Waals surface area contributed by atoms with Gasteiger partial charge in [-0.15, -0.1) is 35.9 Å². The van der Waals surface area contributed by atoms with E-state index in [-0.39, 0.29) is 31.6 Å². The summed E-state index contributed by atoms with van der Waals surface area (Å²) < 4.78 is 0. The summed E-state index contributed by atoms with van der Waals surface area (Å²) >= 11 is 0. The van der Waals surface area contributed by atoms with Crippen LogP contribution in [0.5, 0.6) is 0 Å². The average molecular weight is 512 g/mol. The third kappa shape index (κ3) is 7.00. The molecule has 3 rings (SSSR count). The second-order valence-electron chi connectivity index (χ2n) is 5.44. The van der Waals surface area contributed by atoms with Crippen molar-refractivity contribution in [3.05, 3.63) is 89.2 Å². The van der Waals surface area contributed by atoms with E-state index in [4.69, 9.17) is 9.90 Å². The zero-order valence-electron chi connectivity index (χ0n) is 14.2. The van der Waals surface area contributed by atoms with Crippen LogP contribution in [0.2, 0.25) is 0 Å². The Morgan fingerprint density at radius 2 is 1.84 bits per heavy atom. The zero-order chi connectivity index (χ0) is 17.4. The van der Waals surface area contributed by atoms with E-state index in [1.54, 1.807) is 0 Å². The van der Waals surface area contributed by atoms with E-state index in [1.165, 1.54) is 31.1 Å². The third-order valence-corrected chi connectivity index (χ3v) is 3.30. The maximum absolute atomic E-state index is 8.40. The fourth-order valence-electron chi connectivity index (χ4n) is 2.26. The van der Waals surface area contributed by atoms with Gasteiger partial charge in [-0.3, -0.25) is 4.79 Å². The number of aliphatic imine (C=N–C) groups is 1. The van der Waals surface area contributed by atoms with Gasteiger partial charge in [-0.1, -0.05) is 36.4 Å². The molecule has 0 saturated heterocycles. The minimum absolute atomic E-state index is 0. The minimum Gasteiger partial charge on any atom is -0.512 e. The summed E-state index contributed by atoms with van der Waals surface area (Å²) in [4.78, 5) is 13.0. The van der Waals surface area contributed by atoms with Gasteiger partial charge in [0.2, 0.25) is 0 Å². The van der Waals surface area contributed by atoms with Crippen LogP contribution in [0.25, 0.3) is 6.08 Å². The molecule has 0 amide bonds. The molecule has 2 aromatic rings. The van der Waals surface area contributed by atoms with Gasteiger partial charge < -0.3 is 10.1 Å². The molecular formula is C21H21IrNO2. The summed E-state index contributed by atoms with van der Waals surface area (Å²) in [5.41, 5.74) is 4.58. The van der Waals surface area contributed by atoms with Crippen molar-refractivity contribution < 1.29 is 30.0 Å². The van der Waals surface area contributed by atoms with Gasteiger partial charge in [-0.2, -0.15) is 0 Å². The zero-order valence-corrected chi connectivity index (χ0v) is 16.6. The van der Waals surface area contributed by atoms with Crippen LogP contribution < -0.4 is 0 Å². The Morgan fingerprint density at radius 1 is 1.12 bits per heavy atom. The Morgan fingerprint density at radius 3 is 2.44 bits per heavy atom. The van der Waals surface area contributed by atoms with Crippen LogP contribution in [-0.2, 0) is 26.7 Å². The van der Waals surface area contributed by atoms with Crippen LogP contribution in [-0.4, -0.2) is 21.4 Å². The molecule has 2 N–H and O–H groups in total. The molecule has 2 aromatic carbocycles. The van der Waals surface area contributed by atoms with Crippen molar-refractivity contribution >= 4 is 17.6 Å². The normalized spacial score (nSPS) is 12.6. The number of aliphatic hydroxyl groups is 1. The van der Waals surface area contributed by atoms with E-state index in [0.717, 1.165) is 17.8 Å². The Bertz CT molecular complexity index is 789. The molecule has 1 aliphatic rings. The predicted octanol–water partition coefficient (Wildman–Crippen LogP) is 4.51. The standard InChI is InChI=1S/C16H12N.C5H8O2.Ir/c1-2-7-14(8-3-1)16-11-10-13-6-4-5-9-15(13)12-17-16;1-4(6)3-5(2)7;/h1-7,9-11H,12H2;3,6H,1-2H3;/q-1;;/p+1/b;4-3-;. The first-order valence-corrected chi connectivity index (χ1v) is 7.73. The Hall–Kier alpha value is -2.29. The van der Waals surface area contributed by atoms with Gasteiger partial charge in [-0.25, -0.2) is 0 Å². The van der Waals surface area contributed by atoms with E-state index in [2.05, 4.69) is 47.5 Å². The number of fused-ring (bicyclic) bond motifs is 1. The number of nitrogens with zero attached hydrogens (tertiary/aromatic N) is 1. The van der Waals surface area contributed by atoms with Crippen LogP contribution in [0.4, 0.5) is 0 Å². The molecule has 0 aromatic heterocycles. The molecule has 0 saturated carbocycles. The average Bonchev–Trinajstić information content (AvgIpc) is 2.78. The van der Waals surface area contributed by atoms with Gasteiger partial charge in [0.05, 0.1) is 25.3 Å². The summed E-state index contributed by atoms with van der Waals surface area (Å²) in [5, 5.41) is 8.40. The Balaban J connectivity index is 0.000000339. The van der Waals surface area contributed by atoms with Crippen LogP contribution in [0.3, 0.4) is 0 Å². The van der Waals surface area contributed by atoms with Crippen molar-refractivity contribution in [3.63, 3.8) is 0 Å². The molecule has 1 radical (unpaired) electrons. The minimum atomic E-state index is 0. The molecule has 0 unspecified atom stereocenters. The second-order valence-corrected chi connectivity index (χ2v) is 5.44. The first-order valence-electron chi connectivity index (χ1n) is 7.73. The van der Waals surface area contributed by atoms with Crippen LogP contribution >= 0.6 is 0 Å². The van der Waals surface area contributed by atoms with Gasteiger partial charge in [0.25, 0.3) is 0 Å². The number of carbonyl (C=O) groups excluding carboxylic acids is 1. The summed E-state index contributed by atoms with van der Waals surface area (Å²) in [7, 11) is 0. The van der Waals surface area contributed by atoms with Crippen molar-refractivity contribution in [1.29, 1.82) is 0 Å². The number of ketones is 1. The molecule has 0 atom stereocenters. The monoisotopic (exact) mass is 512 g/mol. The summed E-state index contributed by atoms with van der Waals surface area (Å²) in [6.45, 7) is 3.74. The van der Waals surface area contributed by atoms with Crippen LogP contribution in [0.1, 0.15) is 30.5 Å². The fourth-order valence-corrected chi connectivity index (χ4v) is 2.26. The van der Waals surface area contributed by atoms with Crippen LogP contribution in [0.15, 0.2) is 71.4 Å². The quantitative estimate of drug-likeness (QED) is 0.274. The van der Waals surface area contributed by atoms with E-state index < -0.39 is 0 Å². The van der Waals surface area contributed by atoms with Gasteiger partial charge >= 0.3 is 5.78 Å². The van der Waals surface area contributed by atoms with Crippen molar-refractivity contribution in [2.75, 3.05) is 0 Å². The number of rotatable bonds is 2. The molecule has 0 bridgehead atoms. The smallest absolute Gasteiger partial charge is 0.316 e. The topological polar surface area (TPSA) is 54.0 Å². The summed E-state index contributed by atoms with van der Waals surface area (Å²) in [5.74, 6) is 0.250. The Labute approximate surface area is 162 Å².